The van der Waals surface area contributed by atoms with Gasteiger partial charge in [0, 0.05) is 12.6 Å². The van der Waals surface area contributed by atoms with Crippen LogP contribution in [0, 0.1) is 0 Å². The highest BCUT2D eigenvalue weighted by Gasteiger charge is 2.23. The molecule has 1 aliphatic carbocycles. The Morgan fingerprint density at radius 1 is 1.29 bits per heavy atom. The van der Waals surface area contributed by atoms with E-state index in [-0.39, 0.29) is 6.10 Å². The van der Waals surface area contributed by atoms with Crippen molar-refractivity contribution in [3.63, 3.8) is 0 Å². The van der Waals surface area contributed by atoms with Crippen LogP contribution in [0.4, 0.5) is 0 Å². The molecule has 2 rings (SSSR count). The molecule has 1 aliphatic rings. The maximum absolute atomic E-state index is 10.2. The van der Waals surface area contributed by atoms with Crippen molar-refractivity contribution < 1.29 is 5.11 Å². The number of aliphatic hydroxyl groups is 1. The predicted octanol–water partition coefficient (Wildman–Crippen LogP) is 2.77. The van der Waals surface area contributed by atoms with Crippen molar-refractivity contribution in [2.75, 3.05) is 13.6 Å². The fraction of sp³-hybridized carbons (Fsp3) is 0.600. The highest BCUT2D eigenvalue weighted by Crippen LogP contribution is 2.25. The van der Waals surface area contributed by atoms with E-state index in [9.17, 15) is 5.11 Å². The monoisotopic (exact) mass is 233 g/mol. The third-order valence-electron chi connectivity index (χ3n) is 3.93. The maximum atomic E-state index is 10.2. The first-order valence-electron chi connectivity index (χ1n) is 6.68. The summed E-state index contributed by atoms with van der Waals surface area (Å²) in [5.74, 6) is 0. The van der Waals surface area contributed by atoms with E-state index in [0.29, 0.717) is 6.04 Å². The number of hydrogen-bond donors (Lipinski definition) is 1. The van der Waals surface area contributed by atoms with Crippen LogP contribution in [0.15, 0.2) is 24.3 Å². The highest BCUT2D eigenvalue weighted by molar-refractivity contribution is 5.24. The molecule has 17 heavy (non-hydrogen) atoms. The fourth-order valence-electron chi connectivity index (χ4n) is 2.33. The van der Waals surface area contributed by atoms with Crippen LogP contribution in [0.25, 0.3) is 0 Å². The van der Waals surface area contributed by atoms with Crippen LogP contribution < -0.4 is 0 Å². The fourth-order valence-corrected chi connectivity index (χ4v) is 2.33. The first kappa shape index (κ1) is 12.6. The zero-order valence-corrected chi connectivity index (χ0v) is 10.9. The molecule has 1 aromatic carbocycles. The second-order valence-electron chi connectivity index (χ2n) is 5.14. The molecule has 1 N–H and O–H groups in total. The minimum Gasteiger partial charge on any atom is -0.387 e. The zero-order valence-electron chi connectivity index (χ0n) is 10.9. The Bertz CT molecular complexity index is 342. The van der Waals surface area contributed by atoms with E-state index in [2.05, 4.69) is 43.1 Å². The topological polar surface area (TPSA) is 23.5 Å². The minimum atomic E-state index is -0.355. The van der Waals surface area contributed by atoms with E-state index in [1.165, 1.54) is 24.8 Å². The lowest BCUT2D eigenvalue weighted by Crippen LogP contribution is -2.39. The molecule has 1 fully saturated rings. The van der Waals surface area contributed by atoms with Crippen molar-refractivity contribution in [1.29, 1.82) is 0 Å². The number of likely N-dealkylation sites (N-methyl/N-ethyl adjacent to an activating group) is 1. The lowest BCUT2D eigenvalue weighted by atomic mass is 9.91. The van der Waals surface area contributed by atoms with Crippen LogP contribution in [0.3, 0.4) is 0 Å². The van der Waals surface area contributed by atoms with E-state index in [1.54, 1.807) is 0 Å². The lowest BCUT2D eigenvalue weighted by molar-refractivity contribution is 0.0776. The van der Waals surface area contributed by atoms with E-state index in [0.717, 1.165) is 18.5 Å². The van der Waals surface area contributed by atoms with Crippen molar-refractivity contribution in [3.05, 3.63) is 35.4 Å². The van der Waals surface area contributed by atoms with Crippen LogP contribution in [-0.4, -0.2) is 29.6 Å². The molecule has 0 aromatic heterocycles. The molecule has 94 valence electrons. The molecule has 0 aliphatic heterocycles. The molecule has 2 heteroatoms. The van der Waals surface area contributed by atoms with Crippen molar-refractivity contribution in [1.82, 2.24) is 4.90 Å². The van der Waals surface area contributed by atoms with Crippen molar-refractivity contribution in [2.45, 2.75) is 44.8 Å². The molecule has 1 atom stereocenters. The van der Waals surface area contributed by atoms with Gasteiger partial charge in [0.25, 0.3) is 0 Å². The first-order chi connectivity index (χ1) is 8.20. The van der Waals surface area contributed by atoms with Crippen LogP contribution in [0.1, 0.15) is 43.4 Å². The average Bonchev–Trinajstić information content (AvgIpc) is 2.26. The molecule has 0 amide bonds. The maximum Gasteiger partial charge on any atom is 0.0916 e. The van der Waals surface area contributed by atoms with Gasteiger partial charge in [-0.2, -0.15) is 0 Å². The molecule has 0 heterocycles. The van der Waals surface area contributed by atoms with E-state index >= 15 is 0 Å². The average molecular weight is 233 g/mol. The standard InChI is InChI=1S/C15H23NO/c1-3-12-7-9-13(10-8-12)15(17)11-16(2)14-5-4-6-14/h7-10,14-15,17H,3-6,11H2,1-2H3. The zero-order chi connectivity index (χ0) is 12.3. The quantitative estimate of drug-likeness (QED) is 0.845. The molecule has 1 unspecified atom stereocenters. The van der Waals surface area contributed by atoms with Crippen LogP contribution in [0.5, 0.6) is 0 Å². The Morgan fingerprint density at radius 2 is 1.94 bits per heavy atom. The Labute approximate surface area is 104 Å². The molecule has 0 saturated heterocycles. The highest BCUT2D eigenvalue weighted by atomic mass is 16.3. The lowest BCUT2D eigenvalue weighted by Gasteiger charge is -2.35. The first-order valence-corrected chi connectivity index (χ1v) is 6.68. The third kappa shape index (κ3) is 3.08. The van der Waals surface area contributed by atoms with Gasteiger partial charge in [0.2, 0.25) is 0 Å². The van der Waals surface area contributed by atoms with Crippen LogP contribution in [-0.2, 0) is 6.42 Å². The van der Waals surface area contributed by atoms with E-state index in [4.69, 9.17) is 0 Å². The van der Waals surface area contributed by atoms with Gasteiger partial charge >= 0.3 is 0 Å². The molecule has 0 bridgehead atoms. The summed E-state index contributed by atoms with van der Waals surface area (Å²) in [4.78, 5) is 2.29. The van der Waals surface area contributed by atoms with Gasteiger partial charge in [-0.3, -0.25) is 0 Å². The Kier molecular flexibility index (Phi) is 4.19. The Morgan fingerprint density at radius 3 is 2.41 bits per heavy atom. The van der Waals surface area contributed by atoms with Crippen molar-refractivity contribution in [3.8, 4) is 0 Å². The Hall–Kier alpha value is -0.860. The number of nitrogens with zero attached hydrogens (tertiary/aromatic N) is 1. The molecule has 0 radical (unpaired) electrons. The largest absolute Gasteiger partial charge is 0.387 e. The summed E-state index contributed by atoms with van der Waals surface area (Å²) < 4.78 is 0. The number of hydrogen-bond acceptors (Lipinski definition) is 2. The Balaban J connectivity index is 1.91. The van der Waals surface area contributed by atoms with Crippen LogP contribution in [0.2, 0.25) is 0 Å². The van der Waals surface area contributed by atoms with E-state index in [1.807, 2.05) is 0 Å². The van der Waals surface area contributed by atoms with Gasteiger partial charge in [0.15, 0.2) is 0 Å². The van der Waals surface area contributed by atoms with Crippen LogP contribution >= 0.6 is 0 Å². The number of aliphatic hydroxyl groups excluding tert-OH is 1. The van der Waals surface area contributed by atoms with Gasteiger partial charge in [-0.1, -0.05) is 37.6 Å². The molecule has 1 aromatic rings. The molecule has 0 spiro atoms. The summed E-state index contributed by atoms with van der Waals surface area (Å²) in [7, 11) is 2.12. The summed E-state index contributed by atoms with van der Waals surface area (Å²) in [6.07, 6.45) is 4.62. The number of aryl methyl sites for hydroxylation is 1. The number of benzene rings is 1. The normalized spacial score (nSPS) is 18.1. The van der Waals surface area contributed by atoms with Gasteiger partial charge in [-0.05, 0) is 37.4 Å². The smallest absolute Gasteiger partial charge is 0.0916 e. The summed E-state index contributed by atoms with van der Waals surface area (Å²) in [6, 6.07) is 9.03. The van der Waals surface area contributed by atoms with Gasteiger partial charge in [0.1, 0.15) is 0 Å². The predicted molar refractivity (Wildman–Crippen MR) is 71.0 cm³/mol. The van der Waals surface area contributed by atoms with E-state index < -0.39 is 0 Å². The van der Waals surface area contributed by atoms with Gasteiger partial charge in [-0.15, -0.1) is 0 Å². The molecular formula is C15H23NO. The molecule has 1 saturated carbocycles. The van der Waals surface area contributed by atoms with Gasteiger partial charge < -0.3 is 10.0 Å². The van der Waals surface area contributed by atoms with Gasteiger partial charge in [-0.25, -0.2) is 0 Å². The van der Waals surface area contributed by atoms with Crippen molar-refractivity contribution in [2.24, 2.45) is 0 Å². The summed E-state index contributed by atoms with van der Waals surface area (Å²) in [6.45, 7) is 2.89. The SMILES string of the molecule is CCc1ccc(C(O)CN(C)C2CCC2)cc1. The van der Waals surface area contributed by atoms with Crippen molar-refractivity contribution >= 4 is 0 Å². The summed E-state index contributed by atoms with van der Waals surface area (Å²) in [5.41, 5.74) is 2.36. The molecular weight excluding hydrogens is 210 g/mol. The van der Waals surface area contributed by atoms with Gasteiger partial charge in [0.05, 0.1) is 6.10 Å². The summed E-state index contributed by atoms with van der Waals surface area (Å²) >= 11 is 0. The second kappa shape index (κ2) is 5.65. The second-order valence-corrected chi connectivity index (χ2v) is 5.14. The third-order valence-corrected chi connectivity index (χ3v) is 3.93. The minimum absolute atomic E-state index is 0.355. The number of rotatable bonds is 5. The summed E-state index contributed by atoms with van der Waals surface area (Å²) in [5, 5.41) is 10.2. The molecule has 2 nitrogen and oxygen atoms in total.